The molecule has 1 amide bonds. The van der Waals surface area contributed by atoms with Crippen molar-refractivity contribution in [3.05, 3.63) is 125 Å². The maximum Gasteiger partial charge on any atom is 0.330 e. The number of ether oxygens (including phenoxy) is 1. The Hall–Kier alpha value is -4.68. The van der Waals surface area contributed by atoms with Gasteiger partial charge in [-0.15, -0.1) is 0 Å². The molecule has 0 radical (unpaired) electrons. The number of aromatic nitrogens is 2. The number of amides is 1. The van der Waals surface area contributed by atoms with E-state index < -0.39 is 5.97 Å². The summed E-state index contributed by atoms with van der Waals surface area (Å²) < 4.78 is 6.53. The van der Waals surface area contributed by atoms with Crippen molar-refractivity contribution >= 4 is 46.1 Å². The average Bonchev–Trinajstić information content (AvgIpc) is 3.35. The predicted octanol–water partition coefficient (Wildman–Crippen LogP) is 6.93. The Kier molecular flexibility index (Phi) is 7.57. The van der Waals surface area contributed by atoms with Crippen LogP contribution in [0.4, 0.5) is 5.69 Å². The second-order valence-electron chi connectivity index (χ2n) is 9.06. The third kappa shape index (κ3) is 5.76. The molecule has 5 rings (SSSR count). The molecule has 7 heteroatoms. The van der Waals surface area contributed by atoms with E-state index in [2.05, 4.69) is 11.2 Å². The van der Waals surface area contributed by atoms with Crippen LogP contribution < -0.4 is 4.90 Å². The molecule has 0 aliphatic rings. The molecule has 0 saturated carbocycles. The van der Waals surface area contributed by atoms with Crippen molar-refractivity contribution in [1.29, 1.82) is 0 Å². The number of aryl methyl sites for hydroxylation is 1. The molecule has 0 aliphatic carbocycles. The second kappa shape index (κ2) is 11.4. The van der Waals surface area contributed by atoms with Gasteiger partial charge in [-0.05, 0) is 70.8 Å². The van der Waals surface area contributed by atoms with Crippen LogP contribution >= 0.6 is 11.6 Å². The van der Waals surface area contributed by atoms with Crippen molar-refractivity contribution in [1.82, 2.24) is 9.78 Å². The van der Waals surface area contributed by atoms with E-state index in [0.717, 1.165) is 33.2 Å². The first kappa shape index (κ1) is 25.9. The van der Waals surface area contributed by atoms with Gasteiger partial charge in [0.2, 0.25) is 0 Å². The minimum absolute atomic E-state index is 0.160. The van der Waals surface area contributed by atoms with E-state index in [1.54, 1.807) is 23.1 Å². The van der Waals surface area contributed by atoms with Gasteiger partial charge in [0.15, 0.2) is 0 Å². The number of esters is 1. The zero-order valence-corrected chi connectivity index (χ0v) is 22.3. The monoisotopic (exact) mass is 535 g/mol. The summed E-state index contributed by atoms with van der Waals surface area (Å²) in [6, 6.07) is 28.6. The van der Waals surface area contributed by atoms with Crippen molar-refractivity contribution in [3.63, 3.8) is 0 Å². The molecule has 0 atom stereocenters. The quantitative estimate of drug-likeness (QED) is 0.167. The van der Waals surface area contributed by atoms with E-state index in [-0.39, 0.29) is 12.5 Å². The molecule has 5 aromatic rings. The van der Waals surface area contributed by atoms with Crippen LogP contribution in [-0.4, -0.2) is 28.8 Å². The number of fused-ring (bicyclic) bond motifs is 1. The molecule has 0 spiro atoms. The van der Waals surface area contributed by atoms with Crippen LogP contribution in [0.25, 0.3) is 28.1 Å². The van der Waals surface area contributed by atoms with E-state index in [4.69, 9.17) is 16.3 Å². The molecule has 0 aliphatic heterocycles. The summed E-state index contributed by atoms with van der Waals surface area (Å²) in [5.41, 5.74) is 5.87. The van der Waals surface area contributed by atoms with Crippen molar-refractivity contribution < 1.29 is 14.3 Å². The van der Waals surface area contributed by atoms with Crippen molar-refractivity contribution in [2.45, 2.75) is 6.54 Å². The Morgan fingerprint density at radius 2 is 1.72 bits per heavy atom. The van der Waals surface area contributed by atoms with Gasteiger partial charge < -0.3 is 9.64 Å². The molecule has 0 fully saturated rings. The van der Waals surface area contributed by atoms with Gasteiger partial charge in [0.25, 0.3) is 5.91 Å². The lowest BCUT2D eigenvalue weighted by Crippen LogP contribution is -2.30. The first-order valence-corrected chi connectivity index (χ1v) is 12.7. The van der Waals surface area contributed by atoms with Gasteiger partial charge in [-0.2, -0.15) is 5.10 Å². The molecule has 4 aromatic carbocycles. The smallest absolute Gasteiger partial charge is 0.330 e. The Labute approximate surface area is 231 Å². The van der Waals surface area contributed by atoms with E-state index in [9.17, 15) is 9.59 Å². The van der Waals surface area contributed by atoms with Gasteiger partial charge >= 0.3 is 5.97 Å². The zero-order chi connectivity index (χ0) is 27.4. The van der Waals surface area contributed by atoms with Gasteiger partial charge in [0.1, 0.15) is 0 Å². The summed E-state index contributed by atoms with van der Waals surface area (Å²) in [7, 11) is 3.25. The van der Waals surface area contributed by atoms with Crippen molar-refractivity contribution in [2.24, 2.45) is 7.05 Å². The highest BCUT2D eigenvalue weighted by atomic mass is 35.5. The summed E-state index contributed by atoms with van der Waals surface area (Å²) >= 11 is 6.80. The summed E-state index contributed by atoms with van der Waals surface area (Å²) in [5, 5.41) is 5.94. The minimum atomic E-state index is -0.452. The lowest BCUT2D eigenvalue weighted by atomic mass is 10.0. The molecule has 6 nitrogen and oxygen atoms in total. The van der Waals surface area contributed by atoms with E-state index in [1.807, 2.05) is 90.7 Å². The number of anilines is 1. The third-order valence-corrected chi connectivity index (χ3v) is 6.87. The van der Waals surface area contributed by atoms with Gasteiger partial charge in [0.05, 0.1) is 25.4 Å². The lowest BCUT2D eigenvalue weighted by Gasteiger charge is -2.24. The summed E-state index contributed by atoms with van der Waals surface area (Å²) in [6.45, 7) is 0.263. The Morgan fingerprint density at radius 3 is 2.49 bits per heavy atom. The second-order valence-corrected chi connectivity index (χ2v) is 9.46. The maximum atomic E-state index is 13.7. The van der Waals surface area contributed by atoms with Crippen LogP contribution in [0.2, 0.25) is 5.02 Å². The summed E-state index contributed by atoms with van der Waals surface area (Å²) in [4.78, 5) is 26.9. The van der Waals surface area contributed by atoms with Crippen LogP contribution in [0.1, 0.15) is 21.5 Å². The molecule has 0 saturated heterocycles. The number of hydrogen-bond donors (Lipinski definition) is 0. The summed E-state index contributed by atoms with van der Waals surface area (Å²) in [6.07, 6.45) is 4.85. The summed E-state index contributed by atoms with van der Waals surface area (Å²) in [5.74, 6) is -0.612. The third-order valence-electron chi connectivity index (χ3n) is 6.52. The Bertz CT molecular complexity index is 1690. The number of nitrogens with zero attached hydrogens (tertiary/aromatic N) is 3. The van der Waals surface area contributed by atoms with Crippen molar-refractivity contribution in [2.75, 3.05) is 12.0 Å². The molecule has 39 heavy (non-hydrogen) atoms. The van der Waals surface area contributed by atoms with Crippen LogP contribution in [0, 0.1) is 0 Å². The predicted molar refractivity (Wildman–Crippen MR) is 156 cm³/mol. The number of benzene rings is 4. The number of carbonyl (C=O) groups is 2. The fourth-order valence-electron chi connectivity index (χ4n) is 4.41. The molecule has 0 N–H and O–H groups in total. The standard InChI is InChI=1S/C32H26ClN3O3/c1-35-30-15-14-24(18-27(30)20-34-35)25-12-13-26(29(33)19-25)21-36(32(38)23-8-4-3-5-9-23)28-10-6-7-22(17-28)11-16-31(37)39-2/h3-20H,21H2,1-2H3/b16-11+. The fraction of sp³-hybridized carbons (Fsp3) is 0.0938. The highest BCUT2D eigenvalue weighted by molar-refractivity contribution is 6.31. The number of methoxy groups -OCH3 is 1. The van der Waals surface area contributed by atoms with Gasteiger partial charge in [-0.3, -0.25) is 9.48 Å². The highest BCUT2D eigenvalue weighted by Gasteiger charge is 2.20. The number of carbonyl (C=O) groups excluding carboxylic acids is 2. The first-order valence-electron chi connectivity index (χ1n) is 12.4. The molecule has 1 heterocycles. The van der Waals surface area contributed by atoms with E-state index in [1.165, 1.54) is 13.2 Å². The average molecular weight is 536 g/mol. The lowest BCUT2D eigenvalue weighted by molar-refractivity contribution is -0.134. The topological polar surface area (TPSA) is 64.4 Å². The molecule has 1 aromatic heterocycles. The number of hydrogen-bond acceptors (Lipinski definition) is 4. The minimum Gasteiger partial charge on any atom is -0.466 e. The van der Waals surface area contributed by atoms with Crippen LogP contribution in [0.3, 0.4) is 0 Å². The first-order chi connectivity index (χ1) is 18.9. The molecular weight excluding hydrogens is 510 g/mol. The SMILES string of the molecule is COC(=O)/C=C/c1cccc(N(Cc2ccc(-c3ccc4c(cnn4C)c3)cc2Cl)C(=O)c2ccccc2)c1. The van der Waals surface area contributed by atoms with Crippen LogP contribution in [-0.2, 0) is 23.1 Å². The Morgan fingerprint density at radius 1 is 0.949 bits per heavy atom. The number of halogens is 1. The zero-order valence-electron chi connectivity index (χ0n) is 21.5. The van der Waals surface area contributed by atoms with Crippen molar-refractivity contribution in [3.8, 4) is 11.1 Å². The van der Waals surface area contributed by atoms with Gasteiger partial charge in [-0.25, -0.2) is 4.79 Å². The molecule has 194 valence electrons. The number of rotatable bonds is 7. The maximum absolute atomic E-state index is 13.7. The molecular formula is C32H26ClN3O3. The molecule has 0 unspecified atom stereocenters. The fourth-order valence-corrected chi connectivity index (χ4v) is 4.65. The highest BCUT2D eigenvalue weighted by Crippen LogP contribution is 2.30. The molecule has 0 bridgehead atoms. The Balaban J connectivity index is 1.48. The largest absolute Gasteiger partial charge is 0.466 e. The van der Waals surface area contributed by atoms with E-state index >= 15 is 0 Å². The van der Waals surface area contributed by atoms with Crippen LogP contribution in [0.15, 0.2) is 103 Å². The van der Waals surface area contributed by atoms with E-state index in [0.29, 0.717) is 16.3 Å². The normalized spacial score (nSPS) is 11.2. The van der Waals surface area contributed by atoms with Crippen LogP contribution in [0.5, 0.6) is 0 Å². The van der Waals surface area contributed by atoms with Gasteiger partial charge in [-0.1, -0.05) is 60.1 Å². The van der Waals surface area contributed by atoms with Gasteiger partial charge in [0, 0.05) is 34.8 Å².